The van der Waals surface area contributed by atoms with Gasteiger partial charge in [0, 0.05) is 22.3 Å². The van der Waals surface area contributed by atoms with Crippen molar-refractivity contribution in [2.45, 2.75) is 6.61 Å². The number of pyridine rings is 1. The van der Waals surface area contributed by atoms with E-state index in [0.29, 0.717) is 11.4 Å². The van der Waals surface area contributed by atoms with E-state index in [4.69, 9.17) is 9.47 Å². The van der Waals surface area contributed by atoms with Crippen molar-refractivity contribution in [1.82, 2.24) is 4.98 Å². The number of benzene rings is 1. The second-order valence-electron chi connectivity index (χ2n) is 4.15. The summed E-state index contributed by atoms with van der Waals surface area (Å²) in [5.41, 5.74) is 1.50. The average Bonchev–Trinajstić information content (AvgIpc) is 2.52. The number of hydrogen-bond donors (Lipinski definition) is 0. The Hall–Kier alpha value is -2.14. The molecule has 21 heavy (non-hydrogen) atoms. The van der Waals surface area contributed by atoms with Crippen LogP contribution in [0.5, 0.6) is 5.75 Å². The van der Waals surface area contributed by atoms with Crippen LogP contribution in [0.25, 0.3) is 6.08 Å². The molecule has 0 aliphatic heterocycles. The van der Waals surface area contributed by atoms with Crippen molar-refractivity contribution in [3.05, 3.63) is 64.4 Å². The number of halogens is 1. The third kappa shape index (κ3) is 4.72. The van der Waals surface area contributed by atoms with E-state index in [9.17, 15) is 4.79 Å². The van der Waals surface area contributed by atoms with Gasteiger partial charge in [-0.25, -0.2) is 4.79 Å². The molecule has 0 unspecified atom stereocenters. The fourth-order valence-corrected chi connectivity index (χ4v) is 2.05. The van der Waals surface area contributed by atoms with Crippen LogP contribution in [0, 0.1) is 0 Å². The lowest BCUT2D eigenvalue weighted by molar-refractivity contribution is -0.139. The number of ether oxygens (including phenoxy) is 2. The van der Waals surface area contributed by atoms with E-state index in [-0.39, 0.29) is 6.61 Å². The van der Waals surface area contributed by atoms with E-state index in [1.54, 1.807) is 25.4 Å². The molecular weight excluding hydrogens is 334 g/mol. The van der Waals surface area contributed by atoms with Crippen molar-refractivity contribution >= 4 is 28.0 Å². The molecule has 2 rings (SSSR count). The standard InChI is InChI=1S/C16H14BrNO3/c1-20-15-7-6-13(17)10-12(15)5-8-16(19)21-11-14-4-2-3-9-18-14/h2-10H,11H2,1H3/b8-5+. The zero-order valence-corrected chi connectivity index (χ0v) is 13.0. The van der Waals surface area contributed by atoms with Gasteiger partial charge in [-0.2, -0.15) is 0 Å². The van der Waals surface area contributed by atoms with Gasteiger partial charge in [0.15, 0.2) is 0 Å². The summed E-state index contributed by atoms with van der Waals surface area (Å²) in [7, 11) is 1.58. The smallest absolute Gasteiger partial charge is 0.331 e. The Balaban J connectivity index is 1.97. The van der Waals surface area contributed by atoms with E-state index >= 15 is 0 Å². The van der Waals surface area contributed by atoms with Crippen molar-refractivity contribution in [1.29, 1.82) is 0 Å². The summed E-state index contributed by atoms with van der Waals surface area (Å²) in [6.45, 7) is 0.152. The van der Waals surface area contributed by atoms with Crippen molar-refractivity contribution in [3.8, 4) is 5.75 Å². The van der Waals surface area contributed by atoms with Crippen LogP contribution in [0.3, 0.4) is 0 Å². The summed E-state index contributed by atoms with van der Waals surface area (Å²) in [6, 6.07) is 11.0. The first-order valence-electron chi connectivity index (χ1n) is 6.27. The zero-order chi connectivity index (χ0) is 15.1. The molecular formula is C16H14BrNO3. The summed E-state index contributed by atoms with van der Waals surface area (Å²) in [6.07, 6.45) is 4.68. The van der Waals surface area contributed by atoms with Crippen LogP contribution in [0.4, 0.5) is 0 Å². The third-order valence-corrected chi connectivity index (χ3v) is 3.17. The van der Waals surface area contributed by atoms with Crippen LogP contribution in [0.15, 0.2) is 53.1 Å². The Morgan fingerprint density at radius 1 is 1.33 bits per heavy atom. The number of nitrogens with zero attached hydrogens (tertiary/aromatic N) is 1. The third-order valence-electron chi connectivity index (χ3n) is 2.68. The summed E-state index contributed by atoms with van der Waals surface area (Å²) < 4.78 is 11.2. The SMILES string of the molecule is COc1ccc(Br)cc1/C=C/C(=O)OCc1ccccn1. The lowest BCUT2D eigenvalue weighted by atomic mass is 10.2. The number of carbonyl (C=O) groups excluding carboxylic acids is 1. The Labute approximate surface area is 131 Å². The molecule has 5 heteroatoms. The van der Waals surface area contributed by atoms with E-state index in [1.165, 1.54) is 6.08 Å². The molecule has 2 aromatic rings. The Morgan fingerprint density at radius 2 is 2.19 bits per heavy atom. The van der Waals surface area contributed by atoms with Gasteiger partial charge in [-0.1, -0.05) is 22.0 Å². The second-order valence-corrected chi connectivity index (χ2v) is 5.06. The lowest BCUT2D eigenvalue weighted by Gasteiger charge is -2.05. The zero-order valence-electron chi connectivity index (χ0n) is 11.5. The van der Waals surface area contributed by atoms with E-state index in [2.05, 4.69) is 20.9 Å². The normalized spacial score (nSPS) is 10.6. The molecule has 1 aromatic heterocycles. The largest absolute Gasteiger partial charge is 0.496 e. The number of methoxy groups -OCH3 is 1. The molecule has 1 heterocycles. The van der Waals surface area contributed by atoms with Gasteiger partial charge in [0.1, 0.15) is 12.4 Å². The van der Waals surface area contributed by atoms with Gasteiger partial charge in [0.25, 0.3) is 0 Å². The number of carbonyl (C=O) groups is 1. The molecule has 0 atom stereocenters. The molecule has 0 aliphatic rings. The van der Waals surface area contributed by atoms with Gasteiger partial charge in [-0.3, -0.25) is 4.98 Å². The maximum absolute atomic E-state index is 11.7. The molecule has 0 radical (unpaired) electrons. The summed E-state index contributed by atoms with van der Waals surface area (Å²) in [4.78, 5) is 15.8. The van der Waals surface area contributed by atoms with Crippen molar-refractivity contribution in [2.75, 3.05) is 7.11 Å². The molecule has 0 spiro atoms. The molecule has 1 aromatic carbocycles. The highest BCUT2D eigenvalue weighted by molar-refractivity contribution is 9.10. The first-order valence-corrected chi connectivity index (χ1v) is 7.06. The van der Waals surface area contributed by atoms with Crippen LogP contribution in [-0.2, 0) is 16.1 Å². The molecule has 0 amide bonds. The van der Waals surface area contributed by atoms with E-state index < -0.39 is 5.97 Å². The molecule has 108 valence electrons. The van der Waals surface area contributed by atoms with Crippen LogP contribution < -0.4 is 4.74 Å². The summed E-state index contributed by atoms with van der Waals surface area (Å²) in [5.74, 6) is 0.259. The number of hydrogen-bond acceptors (Lipinski definition) is 4. The fourth-order valence-electron chi connectivity index (χ4n) is 1.67. The monoisotopic (exact) mass is 347 g/mol. The van der Waals surface area contributed by atoms with Crippen LogP contribution in [0.1, 0.15) is 11.3 Å². The van der Waals surface area contributed by atoms with Gasteiger partial charge in [0.05, 0.1) is 12.8 Å². The van der Waals surface area contributed by atoms with E-state index in [0.717, 1.165) is 10.0 Å². The van der Waals surface area contributed by atoms with E-state index in [1.807, 2.05) is 30.3 Å². The summed E-state index contributed by atoms with van der Waals surface area (Å²) in [5, 5.41) is 0. The molecule has 4 nitrogen and oxygen atoms in total. The maximum atomic E-state index is 11.7. The average molecular weight is 348 g/mol. The van der Waals surface area contributed by atoms with Gasteiger partial charge >= 0.3 is 5.97 Å². The Kier molecular flexibility index (Phi) is 5.51. The van der Waals surface area contributed by atoms with Crippen molar-refractivity contribution in [3.63, 3.8) is 0 Å². The molecule has 0 saturated carbocycles. The minimum atomic E-state index is -0.428. The highest BCUT2D eigenvalue weighted by Crippen LogP contribution is 2.24. The van der Waals surface area contributed by atoms with Crippen LogP contribution in [0.2, 0.25) is 0 Å². The lowest BCUT2D eigenvalue weighted by Crippen LogP contribution is -2.01. The number of esters is 1. The topological polar surface area (TPSA) is 48.4 Å². The van der Waals surface area contributed by atoms with Crippen LogP contribution in [-0.4, -0.2) is 18.1 Å². The Bertz CT molecular complexity index is 641. The maximum Gasteiger partial charge on any atom is 0.331 e. The Morgan fingerprint density at radius 3 is 2.90 bits per heavy atom. The molecule has 0 bridgehead atoms. The molecule has 0 saturated heterocycles. The first-order chi connectivity index (χ1) is 10.2. The minimum absolute atomic E-state index is 0.152. The fraction of sp³-hybridized carbons (Fsp3) is 0.125. The van der Waals surface area contributed by atoms with Crippen molar-refractivity contribution in [2.24, 2.45) is 0 Å². The molecule has 0 fully saturated rings. The van der Waals surface area contributed by atoms with Gasteiger partial charge in [-0.05, 0) is 36.4 Å². The predicted octanol–water partition coefficient (Wildman–Crippen LogP) is 3.61. The predicted molar refractivity (Wildman–Crippen MR) is 83.8 cm³/mol. The highest BCUT2D eigenvalue weighted by atomic mass is 79.9. The van der Waals surface area contributed by atoms with Gasteiger partial charge < -0.3 is 9.47 Å². The first kappa shape index (κ1) is 15.3. The molecule has 0 aliphatic carbocycles. The highest BCUT2D eigenvalue weighted by Gasteiger charge is 2.03. The molecule has 0 N–H and O–H groups in total. The summed E-state index contributed by atoms with van der Waals surface area (Å²) >= 11 is 3.38. The van der Waals surface area contributed by atoms with Gasteiger partial charge in [-0.15, -0.1) is 0 Å². The quantitative estimate of drug-likeness (QED) is 0.612. The number of aromatic nitrogens is 1. The van der Waals surface area contributed by atoms with Crippen molar-refractivity contribution < 1.29 is 14.3 Å². The van der Waals surface area contributed by atoms with Crippen LogP contribution >= 0.6 is 15.9 Å². The second kappa shape index (κ2) is 7.59. The van der Waals surface area contributed by atoms with Gasteiger partial charge in [0.2, 0.25) is 0 Å². The minimum Gasteiger partial charge on any atom is -0.496 e. The number of rotatable bonds is 5.